The third-order valence-electron chi connectivity index (χ3n) is 4.28. The number of nitrogens with zero attached hydrogens (tertiary/aromatic N) is 1. The zero-order valence-corrected chi connectivity index (χ0v) is 17.9. The van der Waals surface area contributed by atoms with Gasteiger partial charge in [-0.1, -0.05) is 6.07 Å². The van der Waals surface area contributed by atoms with Gasteiger partial charge in [0.05, 0.1) is 16.9 Å². The fourth-order valence-corrected chi connectivity index (χ4v) is 4.82. The normalized spacial score (nSPS) is 15.0. The molecule has 172 valence electrons. The molecule has 1 aromatic heterocycles. The predicted molar refractivity (Wildman–Crippen MR) is 107 cm³/mol. The van der Waals surface area contributed by atoms with Gasteiger partial charge in [-0.25, -0.2) is 8.42 Å². The van der Waals surface area contributed by atoms with Gasteiger partial charge < -0.3 is 10.1 Å². The maximum atomic E-state index is 12.9. The van der Waals surface area contributed by atoms with E-state index in [1.807, 2.05) is 4.72 Å². The van der Waals surface area contributed by atoms with Gasteiger partial charge in [-0.05, 0) is 36.6 Å². The van der Waals surface area contributed by atoms with Gasteiger partial charge in [0.15, 0.2) is 6.10 Å². The van der Waals surface area contributed by atoms with E-state index in [0.29, 0.717) is 6.07 Å². The molecule has 0 radical (unpaired) electrons. The van der Waals surface area contributed by atoms with Crippen molar-refractivity contribution in [3.05, 3.63) is 41.3 Å². The average molecular weight is 491 g/mol. The van der Waals surface area contributed by atoms with Crippen LogP contribution < -0.4 is 14.9 Å². The number of rotatable bonds is 6. The zero-order valence-electron chi connectivity index (χ0n) is 16.3. The average Bonchev–Trinajstić information content (AvgIpc) is 3.26. The quantitative estimate of drug-likeness (QED) is 0.596. The molecule has 32 heavy (non-hydrogen) atoms. The Morgan fingerprint density at radius 1 is 1.31 bits per heavy atom. The van der Waals surface area contributed by atoms with Gasteiger partial charge in [0.1, 0.15) is 17.3 Å². The second-order valence-corrected chi connectivity index (χ2v) is 9.53. The minimum Gasteiger partial charge on any atom is -0.452 e. The Kier molecular flexibility index (Phi) is 6.57. The Bertz CT molecular complexity index is 1150. The molecule has 1 aliphatic rings. The number of fused-ring (bicyclic) bond motifs is 1. The number of hydrogen-bond acceptors (Lipinski definition) is 7. The van der Waals surface area contributed by atoms with Crippen LogP contribution in [0.2, 0.25) is 0 Å². The summed E-state index contributed by atoms with van der Waals surface area (Å²) in [6, 6.07) is 5.34. The van der Waals surface area contributed by atoms with Crippen LogP contribution in [0.1, 0.15) is 12.5 Å². The summed E-state index contributed by atoms with van der Waals surface area (Å²) in [5, 5.41) is 3.81. The van der Waals surface area contributed by atoms with E-state index in [4.69, 9.17) is 4.74 Å². The summed E-state index contributed by atoms with van der Waals surface area (Å²) in [5.74, 6) is -2.65. The first-order chi connectivity index (χ1) is 14.9. The molecule has 0 saturated carbocycles. The molecule has 0 spiro atoms. The largest absolute Gasteiger partial charge is 0.452 e. The Hall–Kier alpha value is -2.97. The van der Waals surface area contributed by atoms with Crippen molar-refractivity contribution in [2.24, 2.45) is 0 Å². The highest BCUT2D eigenvalue weighted by Gasteiger charge is 2.35. The van der Waals surface area contributed by atoms with Crippen LogP contribution in [-0.4, -0.2) is 45.4 Å². The van der Waals surface area contributed by atoms with Crippen LogP contribution in [0.3, 0.4) is 0 Å². The number of amides is 2. The van der Waals surface area contributed by atoms with Gasteiger partial charge in [-0.2, -0.15) is 17.9 Å². The predicted octanol–water partition coefficient (Wildman–Crippen LogP) is 1.96. The fourth-order valence-electron chi connectivity index (χ4n) is 2.81. The molecule has 0 aliphatic carbocycles. The summed E-state index contributed by atoms with van der Waals surface area (Å²) in [5.41, 5.74) is -1.22. The lowest BCUT2D eigenvalue weighted by molar-refractivity contribution is -0.152. The number of carbonyl (C=O) groups is 3. The van der Waals surface area contributed by atoms with E-state index >= 15 is 0 Å². The summed E-state index contributed by atoms with van der Waals surface area (Å²) >= 11 is 0.944. The third kappa shape index (κ3) is 5.26. The van der Waals surface area contributed by atoms with E-state index < -0.39 is 58.7 Å². The van der Waals surface area contributed by atoms with Crippen LogP contribution in [0, 0.1) is 0 Å². The molecular formula is C18H16F3N3O6S2. The number of alkyl halides is 3. The van der Waals surface area contributed by atoms with E-state index in [9.17, 15) is 36.0 Å². The molecule has 0 fully saturated rings. The molecular weight excluding hydrogens is 475 g/mol. The molecule has 1 aliphatic heterocycles. The second kappa shape index (κ2) is 8.88. The topological polar surface area (TPSA) is 122 Å². The first kappa shape index (κ1) is 23.7. The smallest absolute Gasteiger partial charge is 0.416 e. The Morgan fingerprint density at radius 2 is 2.03 bits per heavy atom. The standard InChI is InChI=1S/C18H16F3N3O6S2/c1-10(30-15(26)8-22-32(28,29)16-3-2-6-31-16)17(27)24-9-14(25)23-12-7-11(18(19,20)21)4-5-13(12)24/h2-7,10,22H,8-9H2,1H3,(H,23,25). The summed E-state index contributed by atoms with van der Waals surface area (Å²) < 4.78 is 69.8. The highest BCUT2D eigenvalue weighted by molar-refractivity contribution is 7.91. The number of esters is 1. The Labute approximate surface area is 184 Å². The summed E-state index contributed by atoms with van der Waals surface area (Å²) in [6.07, 6.45) is -6.08. The molecule has 9 nitrogen and oxygen atoms in total. The molecule has 14 heteroatoms. The SMILES string of the molecule is CC(OC(=O)CNS(=O)(=O)c1cccs1)C(=O)N1CC(=O)Nc2cc(C(F)(F)F)ccc21. The van der Waals surface area contributed by atoms with Gasteiger partial charge in [0.2, 0.25) is 5.91 Å². The summed E-state index contributed by atoms with van der Waals surface area (Å²) in [7, 11) is -3.92. The molecule has 0 bridgehead atoms. The van der Waals surface area contributed by atoms with Crippen molar-refractivity contribution in [2.75, 3.05) is 23.3 Å². The van der Waals surface area contributed by atoms with Crippen molar-refractivity contribution in [3.8, 4) is 0 Å². The van der Waals surface area contributed by atoms with Crippen LogP contribution in [0.4, 0.5) is 24.5 Å². The van der Waals surface area contributed by atoms with E-state index in [1.165, 1.54) is 24.4 Å². The number of halogens is 3. The van der Waals surface area contributed by atoms with E-state index in [2.05, 4.69) is 5.32 Å². The van der Waals surface area contributed by atoms with Crippen molar-refractivity contribution in [3.63, 3.8) is 0 Å². The third-order valence-corrected chi connectivity index (χ3v) is 7.08. The fraction of sp³-hybridized carbons (Fsp3) is 0.278. The number of hydrogen-bond donors (Lipinski definition) is 2. The second-order valence-electron chi connectivity index (χ2n) is 6.59. The number of thiophene rings is 1. The van der Waals surface area contributed by atoms with E-state index in [1.54, 1.807) is 0 Å². The number of anilines is 2. The molecule has 1 atom stereocenters. The summed E-state index contributed by atoms with van der Waals surface area (Å²) in [4.78, 5) is 37.5. The Balaban J connectivity index is 1.68. The van der Waals surface area contributed by atoms with Gasteiger partial charge in [0.25, 0.3) is 15.9 Å². The van der Waals surface area contributed by atoms with Gasteiger partial charge in [-0.15, -0.1) is 11.3 Å². The van der Waals surface area contributed by atoms with E-state index in [0.717, 1.165) is 28.4 Å². The first-order valence-corrected chi connectivity index (χ1v) is 11.3. The highest BCUT2D eigenvalue weighted by Crippen LogP contribution is 2.37. The minimum absolute atomic E-state index is 0.00361. The molecule has 0 saturated heterocycles. The lowest BCUT2D eigenvalue weighted by atomic mass is 10.1. The number of benzene rings is 1. The molecule has 2 aromatic rings. The van der Waals surface area contributed by atoms with Gasteiger partial charge in [-0.3, -0.25) is 19.3 Å². The zero-order chi connectivity index (χ0) is 23.7. The highest BCUT2D eigenvalue weighted by atomic mass is 32.2. The van der Waals surface area contributed by atoms with E-state index in [-0.39, 0.29) is 15.6 Å². The Morgan fingerprint density at radius 3 is 2.66 bits per heavy atom. The first-order valence-electron chi connectivity index (χ1n) is 8.93. The van der Waals surface area contributed by atoms with Crippen molar-refractivity contribution >= 4 is 50.5 Å². The maximum Gasteiger partial charge on any atom is 0.416 e. The maximum absolute atomic E-state index is 12.9. The number of sulfonamides is 1. The van der Waals surface area contributed by atoms with Crippen LogP contribution in [0.15, 0.2) is 39.9 Å². The molecule has 1 aromatic carbocycles. The van der Waals surface area contributed by atoms with Gasteiger partial charge >= 0.3 is 12.1 Å². The van der Waals surface area contributed by atoms with Crippen molar-refractivity contribution in [2.45, 2.75) is 23.4 Å². The van der Waals surface area contributed by atoms with Crippen molar-refractivity contribution in [1.29, 1.82) is 0 Å². The van der Waals surface area contributed by atoms with Crippen LogP contribution in [0.25, 0.3) is 0 Å². The monoisotopic (exact) mass is 491 g/mol. The number of nitrogens with one attached hydrogen (secondary N) is 2. The molecule has 2 N–H and O–H groups in total. The van der Waals surface area contributed by atoms with Gasteiger partial charge in [0, 0.05) is 0 Å². The minimum atomic E-state index is -4.65. The van der Waals surface area contributed by atoms with Crippen molar-refractivity contribution in [1.82, 2.24) is 4.72 Å². The molecule has 2 heterocycles. The molecule has 2 amide bonds. The number of ether oxygens (including phenoxy) is 1. The molecule has 1 unspecified atom stereocenters. The molecule has 3 rings (SSSR count). The van der Waals surface area contributed by atoms with Crippen LogP contribution in [-0.2, 0) is 35.3 Å². The lowest BCUT2D eigenvalue weighted by Gasteiger charge is -2.31. The van der Waals surface area contributed by atoms with Crippen LogP contribution >= 0.6 is 11.3 Å². The van der Waals surface area contributed by atoms with Crippen molar-refractivity contribution < 1.29 is 40.7 Å². The number of carbonyl (C=O) groups excluding carboxylic acids is 3. The van der Waals surface area contributed by atoms with Crippen LogP contribution in [0.5, 0.6) is 0 Å². The summed E-state index contributed by atoms with van der Waals surface area (Å²) in [6.45, 7) is -0.0434. The lowest BCUT2D eigenvalue weighted by Crippen LogP contribution is -2.47.